The van der Waals surface area contributed by atoms with Crippen molar-refractivity contribution in [1.82, 2.24) is 0 Å². The van der Waals surface area contributed by atoms with Crippen molar-refractivity contribution in [2.45, 2.75) is 19.5 Å². The van der Waals surface area contributed by atoms with Crippen LogP contribution in [0.25, 0.3) is 0 Å². The molecule has 16 heavy (non-hydrogen) atoms. The molecule has 0 radical (unpaired) electrons. The fourth-order valence-electron chi connectivity index (χ4n) is 1.38. The second-order valence-corrected chi connectivity index (χ2v) is 3.91. The SMILES string of the molecule is CC(C#N)Cc1c(Cl)cccc1C(F)(F)F. The van der Waals surface area contributed by atoms with Crippen LogP contribution in [0.3, 0.4) is 0 Å². The number of hydrogen-bond donors (Lipinski definition) is 0. The Bertz CT molecular complexity index is 420. The molecular weight excluding hydrogens is 239 g/mol. The van der Waals surface area contributed by atoms with E-state index in [0.717, 1.165) is 6.07 Å². The van der Waals surface area contributed by atoms with Gasteiger partial charge in [-0.05, 0) is 31.0 Å². The van der Waals surface area contributed by atoms with E-state index in [-0.39, 0.29) is 17.0 Å². The largest absolute Gasteiger partial charge is 0.416 e. The van der Waals surface area contributed by atoms with E-state index in [1.165, 1.54) is 12.1 Å². The molecule has 0 spiro atoms. The van der Waals surface area contributed by atoms with Crippen molar-refractivity contribution < 1.29 is 13.2 Å². The number of nitrogens with zero attached hydrogens (tertiary/aromatic N) is 1. The Morgan fingerprint density at radius 3 is 2.56 bits per heavy atom. The van der Waals surface area contributed by atoms with Crippen molar-refractivity contribution in [2.75, 3.05) is 0 Å². The van der Waals surface area contributed by atoms with Crippen LogP contribution in [0.5, 0.6) is 0 Å². The summed E-state index contributed by atoms with van der Waals surface area (Å²) in [5, 5.41) is 8.66. The van der Waals surface area contributed by atoms with E-state index >= 15 is 0 Å². The van der Waals surface area contributed by atoms with Crippen LogP contribution in [-0.4, -0.2) is 0 Å². The normalized spacial score (nSPS) is 13.2. The molecule has 0 bridgehead atoms. The zero-order valence-electron chi connectivity index (χ0n) is 8.48. The third kappa shape index (κ3) is 2.89. The third-order valence-corrected chi connectivity index (χ3v) is 2.51. The van der Waals surface area contributed by atoms with Gasteiger partial charge >= 0.3 is 6.18 Å². The quantitative estimate of drug-likeness (QED) is 0.773. The first-order chi connectivity index (χ1) is 7.36. The molecule has 1 nitrogen and oxygen atoms in total. The monoisotopic (exact) mass is 247 g/mol. The molecule has 0 saturated heterocycles. The summed E-state index contributed by atoms with van der Waals surface area (Å²) in [7, 11) is 0. The molecule has 0 fully saturated rings. The fourth-order valence-corrected chi connectivity index (χ4v) is 1.64. The molecular formula is C11H9ClF3N. The standard InChI is InChI=1S/C11H9ClF3N/c1-7(6-16)5-8-9(11(13,14)15)3-2-4-10(8)12/h2-4,7H,5H2,1H3. The summed E-state index contributed by atoms with van der Waals surface area (Å²) >= 11 is 5.73. The summed E-state index contributed by atoms with van der Waals surface area (Å²) in [6.07, 6.45) is -4.43. The average Bonchev–Trinajstić information content (AvgIpc) is 2.19. The van der Waals surface area contributed by atoms with Crippen LogP contribution in [-0.2, 0) is 12.6 Å². The number of rotatable bonds is 2. The molecule has 1 unspecified atom stereocenters. The average molecular weight is 248 g/mol. The highest BCUT2D eigenvalue weighted by Gasteiger charge is 2.34. The molecule has 86 valence electrons. The predicted octanol–water partition coefficient (Wildman–Crippen LogP) is 4.06. The van der Waals surface area contributed by atoms with Gasteiger partial charge in [-0.15, -0.1) is 0 Å². The van der Waals surface area contributed by atoms with Crippen LogP contribution < -0.4 is 0 Å². The Morgan fingerprint density at radius 2 is 2.06 bits per heavy atom. The number of halogens is 4. The van der Waals surface area contributed by atoms with Crippen LogP contribution in [0, 0.1) is 17.2 Å². The second kappa shape index (κ2) is 4.75. The molecule has 0 aliphatic carbocycles. The zero-order valence-corrected chi connectivity index (χ0v) is 9.23. The zero-order chi connectivity index (χ0) is 12.3. The number of alkyl halides is 3. The summed E-state index contributed by atoms with van der Waals surface area (Å²) in [4.78, 5) is 0. The van der Waals surface area contributed by atoms with Gasteiger partial charge in [0.15, 0.2) is 0 Å². The van der Waals surface area contributed by atoms with Gasteiger partial charge in [-0.25, -0.2) is 0 Å². The molecule has 1 aromatic rings. The highest BCUT2D eigenvalue weighted by Crippen LogP contribution is 2.35. The van der Waals surface area contributed by atoms with E-state index in [1.54, 1.807) is 6.92 Å². The molecule has 1 rings (SSSR count). The lowest BCUT2D eigenvalue weighted by Gasteiger charge is -2.14. The minimum absolute atomic E-state index is 0.00498. The van der Waals surface area contributed by atoms with Gasteiger partial charge in [0.1, 0.15) is 0 Å². The Kier molecular flexibility index (Phi) is 3.82. The number of nitriles is 1. The summed E-state index contributed by atoms with van der Waals surface area (Å²) in [5.41, 5.74) is -0.771. The van der Waals surface area contributed by atoms with Gasteiger partial charge in [0, 0.05) is 10.9 Å². The molecule has 5 heteroatoms. The van der Waals surface area contributed by atoms with Gasteiger partial charge in [-0.1, -0.05) is 17.7 Å². The lowest BCUT2D eigenvalue weighted by molar-refractivity contribution is -0.138. The smallest absolute Gasteiger partial charge is 0.198 e. The first kappa shape index (κ1) is 12.9. The molecule has 0 aliphatic rings. The maximum Gasteiger partial charge on any atom is 0.416 e. The highest BCUT2D eigenvalue weighted by molar-refractivity contribution is 6.31. The first-order valence-corrected chi connectivity index (χ1v) is 4.98. The van der Waals surface area contributed by atoms with Gasteiger partial charge in [0.25, 0.3) is 0 Å². The summed E-state index contributed by atoms with van der Waals surface area (Å²) in [5.74, 6) is -0.499. The van der Waals surface area contributed by atoms with Gasteiger partial charge in [0.2, 0.25) is 0 Å². The molecule has 0 aromatic heterocycles. The molecule has 1 aromatic carbocycles. The van der Waals surface area contributed by atoms with Crippen LogP contribution >= 0.6 is 11.6 Å². The van der Waals surface area contributed by atoms with Crippen molar-refractivity contribution >= 4 is 11.6 Å². The van der Waals surface area contributed by atoms with E-state index in [2.05, 4.69) is 0 Å². The van der Waals surface area contributed by atoms with Gasteiger partial charge < -0.3 is 0 Å². The van der Waals surface area contributed by atoms with Crippen molar-refractivity contribution in [2.24, 2.45) is 5.92 Å². The Hall–Kier alpha value is -1.21. The molecule has 0 N–H and O–H groups in total. The van der Waals surface area contributed by atoms with E-state index in [4.69, 9.17) is 16.9 Å². The van der Waals surface area contributed by atoms with Crippen LogP contribution in [0.15, 0.2) is 18.2 Å². The summed E-state index contributed by atoms with van der Waals surface area (Å²) in [6, 6.07) is 5.53. The van der Waals surface area contributed by atoms with E-state index in [0.29, 0.717) is 0 Å². The summed E-state index contributed by atoms with van der Waals surface area (Å²) in [6.45, 7) is 1.56. The van der Waals surface area contributed by atoms with E-state index < -0.39 is 17.7 Å². The van der Waals surface area contributed by atoms with Gasteiger partial charge in [0.05, 0.1) is 11.6 Å². The van der Waals surface area contributed by atoms with Gasteiger partial charge in [-0.3, -0.25) is 0 Å². The maximum absolute atomic E-state index is 12.6. The van der Waals surface area contributed by atoms with Crippen LogP contribution in [0.4, 0.5) is 13.2 Å². The third-order valence-electron chi connectivity index (χ3n) is 2.15. The molecule has 0 heterocycles. The molecule has 0 amide bonds. The molecule has 0 aliphatic heterocycles. The number of benzene rings is 1. The Labute approximate surface area is 96.4 Å². The van der Waals surface area contributed by atoms with Gasteiger partial charge in [-0.2, -0.15) is 18.4 Å². The van der Waals surface area contributed by atoms with Crippen molar-refractivity contribution in [1.29, 1.82) is 5.26 Å². The Morgan fingerprint density at radius 1 is 1.44 bits per heavy atom. The van der Waals surface area contributed by atoms with Crippen molar-refractivity contribution in [3.05, 3.63) is 34.3 Å². The van der Waals surface area contributed by atoms with Crippen molar-refractivity contribution in [3.63, 3.8) is 0 Å². The molecule has 1 atom stereocenters. The minimum Gasteiger partial charge on any atom is -0.198 e. The second-order valence-electron chi connectivity index (χ2n) is 3.50. The first-order valence-electron chi connectivity index (χ1n) is 4.60. The Balaban J connectivity index is 3.20. The number of hydrogen-bond acceptors (Lipinski definition) is 1. The summed E-state index contributed by atoms with van der Waals surface area (Å²) < 4.78 is 37.9. The topological polar surface area (TPSA) is 23.8 Å². The minimum atomic E-state index is -4.44. The van der Waals surface area contributed by atoms with Crippen LogP contribution in [0.2, 0.25) is 5.02 Å². The van der Waals surface area contributed by atoms with E-state index in [9.17, 15) is 13.2 Å². The van der Waals surface area contributed by atoms with Crippen molar-refractivity contribution in [3.8, 4) is 6.07 Å². The maximum atomic E-state index is 12.6. The predicted molar refractivity (Wildman–Crippen MR) is 54.9 cm³/mol. The molecule has 0 saturated carbocycles. The highest BCUT2D eigenvalue weighted by atomic mass is 35.5. The van der Waals surface area contributed by atoms with E-state index in [1.807, 2.05) is 6.07 Å². The lowest BCUT2D eigenvalue weighted by Crippen LogP contribution is -2.11. The van der Waals surface area contributed by atoms with Crippen LogP contribution in [0.1, 0.15) is 18.1 Å². The fraction of sp³-hybridized carbons (Fsp3) is 0.364. The lowest BCUT2D eigenvalue weighted by atomic mass is 9.97.